The average Bonchev–Trinajstić information content (AvgIpc) is 3.84. The zero-order valence-corrected chi connectivity index (χ0v) is 29.6. The number of ether oxygens (including phenoxy) is 4. The predicted octanol–water partition coefficient (Wildman–Crippen LogP) is 5.10. The van der Waals surface area contributed by atoms with Gasteiger partial charge in [-0.15, -0.1) is 5.10 Å². The minimum Gasteiger partial charge on any atom is -0.459 e. The Kier molecular flexibility index (Phi) is 11.3. The van der Waals surface area contributed by atoms with Crippen LogP contribution in [0.1, 0.15) is 55.5 Å². The number of esters is 3. The third-order valence-electron chi connectivity index (χ3n) is 9.01. The standard InChI is InChI=1S/C41H34FN5O9/c42-31(26-13-5-1-6-14-26)21-22-46-24-32(44-45-46)30-23-47(41(52)43-36(30)48)37-35(56-40(51)29-19-11-4-12-20-29)34(55-39(50)28-17-9-3-10-18-28)33(54-37)25-53-38(49)27-15-7-2-8-16-27/h1-20,23-24,31,33-35,37H,21-22,25H2,(H,43,48,52)/t31?,33-,34-,35-,37-/m1/s1. The number of nitrogens with one attached hydrogen (secondary N) is 1. The summed E-state index contributed by atoms with van der Waals surface area (Å²) in [6, 6.07) is 32.8. The number of carbonyl (C=O) groups excluding carboxylic acids is 3. The second kappa shape index (κ2) is 17.0. The highest BCUT2D eigenvalue weighted by Crippen LogP contribution is 2.35. The quantitative estimate of drug-likeness (QED) is 0.123. The summed E-state index contributed by atoms with van der Waals surface area (Å²) in [7, 11) is 0. The molecule has 56 heavy (non-hydrogen) atoms. The molecule has 14 nitrogen and oxygen atoms in total. The Morgan fingerprint density at radius 3 is 1.86 bits per heavy atom. The van der Waals surface area contributed by atoms with Crippen LogP contribution in [0.15, 0.2) is 143 Å². The summed E-state index contributed by atoms with van der Waals surface area (Å²) in [5, 5.41) is 8.13. The van der Waals surface area contributed by atoms with E-state index in [4.69, 9.17) is 18.9 Å². The lowest BCUT2D eigenvalue weighted by molar-refractivity contribution is -0.0639. The number of hydrogen-bond acceptors (Lipinski definition) is 11. The van der Waals surface area contributed by atoms with Crippen molar-refractivity contribution in [3.05, 3.63) is 177 Å². The maximum absolute atomic E-state index is 14.9. The molecule has 0 saturated carbocycles. The van der Waals surface area contributed by atoms with E-state index >= 15 is 0 Å². The van der Waals surface area contributed by atoms with E-state index in [1.54, 1.807) is 97.1 Å². The van der Waals surface area contributed by atoms with Crippen molar-refractivity contribution in [2.45, 2.75) is 43.7 Å². The van der Waals surface area contributed by atoms with Gasteiger partial charge in [0, 0.05) is 19.2 Å². The molecule has 0 amide bonds. The van der Waals surface area contributed by atoms with Crippen LogP contribution < -0.4 is 11.2 Å². The van der Waals surface area contributed by atoms with Gasteiger partial charge in [0.1, 0.15) is 24.6 Å². The van der Waals surface area contributed by atoms with Crippen LogP contribution in [-0.2, 0) is 25.5 Å². The topological polar surface area (TPSA) is 174 Å². The molecule has 7 rings (SSSR count). The number of alkyl halides is 1. The fourth-order valence-electron chi connectivity index (χ4n) is 6.14. The highest BCUT2D eigenvalue weighted by atomic mass is 19.1. The number of hydrogen-bond donors (Lipinski definition) is 1. The Hall–Kier alpha value is -7.00. The first kappa shape index (κ1) is 37.3. The number of aryl methyl sites for hydroxylation is 1. The maximum Gasteiger partial charge on any atom is 0.338 e. The van der Waals surface area contributed by atoms with Gasteiger partial charge in [-0.25, -0.2) is 23.6 Å². The molecular weight excluding hydrogens is 725 g/mol. The molecule has 6 aromatic rings. The molecule has 0 spiro atoms. The van der Waals surface area contributed by atoms with Gasteiger partial charge in [-0.05, 0) is 42.0 Å². The van der Waals surface area contributed by atoms with Crippen LogP contribution in [0.4, 0.5) is 4.39 Å². The van der Waals surface area contributed by atoms with E-state index in [9.17, 15) is 28.4 Å². The summed E-state index contributed by atoms with van der Waals surface area (Å²) in [5.41, 5.74) is -0.793. The monoisotopic (exact) mass is 759 g/mol. The van der Waals surface area contributed by atoms with Crippen LogP contribution in [0.5, 0.6) is 0 Å². The summed E-state index contributed by atoms with van der Waals surface area (Å²) in [5.74, 6) is -2.36. The normalized spacial score (nSPS) is 18.2. The molecule has 5 atom stereocenters. The first-order chi connectivity index (χ1) is 27.2. The van der Waals surface area contributed by atoms with Crippen molar-refractivity contribution in [3.8, 4) is 11.3 Å². The molecule has 4 aromatic carbocycles. The number of aromatic amines is 1. The molecule has 1 fully saturated rings. The lowest BCUT2D eigenvalue weighted by Crippen LogP contribution is -2.43. The molecule has 1 saturated heterocycles. The van der Waals surface area contributed by atoms with Crippen molar-refractivity contribution >= 4 is 17.9 Å². The number of aromatic nitrogens is 5. The lowest BCUT2D eigenvalue weighted by atomic mass is 10.1. The van der Waals surface area contributed by atoms with Crippen molar-refractivity contribution in [1.29, 1.82) is 0 Å². The highest BCUT2D eigenvalue weighted by Gasteiger charge is 2.52. The Morgan fingerprint density at radius 1 is 0.732 bits per heavy atom. The van der Waals surface area contributed by atoms with Crippen molar-refractivity contribution in [1.82, 2.24) is 24.5 Å². The first-order valence-electron chi connectivity index (χ1n) is 17.6. The zero-order valence-electron chi connectivity index (χ0n) is 29.6. The number of nitrogens with zero attached hydrogens (tertiary/aromatic N) is 4. The van der Waals surface area contributed by atoms with Gasteiger partial charge in [0.2, 0.25) is 0 Å². The van der Waals surface area contributed by atoms with Gasteiger partial charge in [0.05, 0.1) is 28.5 Å². The summed E-state index contributed by atoms with van der Waals surface area (Å²) in [6.45, 7) is -0.365. The minimum absolute atomic E-state index is 0.0475. The number of H-pyrrole nitrogens is 1. The van der Waals surface area contributed by atoms with Gasteiger partial charge in [-0.1, -0.05) is 90.1 Å². The van der Waals surface area contributed by atoms with Crippen LogP contribution in [0.2, 0.25) is 0 Å². The zero-order chi connectivity index (χ0) is 39.0. The molecule has 1 N–H and O–H groups in total. The number of benzene rings is 4. The minimum atomic E-state index is -1.53. The summed E-state index contributed by atoms with van der Waals surface area (Å²) in [6.07, 6.45) is -4.40. The van der Waals surface area contributed by atoms with Gasteiger partial charge in [-0.2, -0.15) is 0 Å². The number of carbonyl (C=O) groups is 3. The average molecular weight is 760 g/mol. The van der Waals surface area contributed by atoms with E-state index in [0.717, 1.165) is 10.8 Å². The molecule has 2 aromatic heterocycles. The van der Waals surface area contributed by atoms with Crippen LogP contribution in [0.3, 0.4) is 0 Å². The molecule has 1 unspecified atom stereocenters. The Morgan fingerprint density at radius 2 is 1.27 bits per heavy atom. The second-order valence-corrected chi connectivity index (χ2v) is 12.7. The third-order valence-corrected chi connectivity index (χ3v) is 9.01. The fraction of sp³-hybridized carbons (Fsp3) is 0.195. The van der Waals surface area contributed by atoms with Crippen LogP contribution in [0, 0.1) is 0 Å². The van der Waals surface area contributed by atoms with E-state index in [2.05, 4.69) is 15.3 Å². The first-order valence-corrected chi connectivity index (χ1v) is 17.6. The summed E-state index contributed by atoms with van der Waals surface area (Å²) >= 11 is 0. The van der Waals surface area contributed by atoms with E-state index in [-0.39, 0.29) is 40.9 Å². The highest BCUT2D eigenvalue weighted by molar-refractivity contribution is 5.91. The lowest BCUT2D eigenvalue weighted by Gasteiger charge is -2.25. The van der Waals surface area contributed by atoms with Gasteiger partial charge >= 0.3 is 23.6 Å². The Labute approximate surface area is 318 Å². The number of rotatable bonds is 13. The molecule has 0 radical (unpaired) electrons. The second-order valence-electron chi connectivity index (χ2n) is 12.7. The van der Waals surface area contributed by atoms with E-state index in [1.807, 2.05) is 0 Å². The Bertz CT molecular complexity index is 2410. The van der Waals surface area contributed by atoms with Crippen molar-refractivity contribution in [2.24, 2.45) is 0 Å². The predicted molar refractivity (Wildman–Crippen MR) is 197 cm³/mol. The molecule has 0 bridgehead atoms. The van der Waals surface area contributed by atoms with Crippen LogP contribution in [-0.4, -0.2) is 67.4 Å². The molecule has 0 aliphatic carbocycles. The number of halogens is 1. The van der Waals surface area contributed by atoms with E-state index in [1.165, 1.54) is 35.1 Å². The summed E-state index contributed by atoms with van der Waals surface area (Å²) < 4.78 is 41.0. The smallest absolute Gasteiger partial charge is 0.338 e. The SMILES string of the molecule is O=C(OC[C@H]1O[C@@H](n2cc(-c3cn(CCC(F)c4ccccc4)nn3)c(=O)[nH]c2=O)[C@H](OC(=O)c2ccccc2)[C@@H]1OC(=O)c1ccccc1)c1ccccc1. The van der Waals surface area contributed by atoms with E-state index in [0.29, 0.717) is 5.56 Å². The molecule has 1 aliphatic heterocycles. The van der Waals surface area contributed by atoms with Crippen LogP contribution >= 0.6 is 0 Å². The van der Waals surface area contributed by atoms with Crippen molar-refractivity contribution in [3.63, 3.8) is 0 Å². The fourth-order valence-corrected chi connectivity index (χ4v) is 6.14. The molecule has 15 heteroatoms. The molecule has 284 valence electrons. The van der Waals surface area contributed by atoms with E-state index < -0.39 is 66.5 Å². The van der Waals surface area contributed by atoms with Gasteiger partial charge in [-0.3, -0.25) is 19.0 Å². The van der Waals surface area contributed by atoms with Gasteiger partial charge < -0.3 is 18.9 Å². The third kappa shape index (κ3) is 8.53. The molecule has 1 aliphatic rings. The largest absolute Gasteiger partial charge is 0.459 e. The summed E-state index contributed by atoms with van der Waals surface area (Å²) in [4.78, 5) is 69.0. The Balaban J connectivity index is 1.22. The maximum atomic E-state index is 14.9. The van der Waals surface area contributed by atoms with Crippen LogP contribution in [0.25, 0.3) is 11.3 Å². The van der Waals surface area contributed by atoms with Crippen molar-refractivity contribution in [2.75, 3.05) is 6.61 Å². The van der Waals surface area contributed by atoms with Crippen molar-refractivity contribution < 1.29 is 37.7 Å². The molecule has 3 heterocycles. The molecular formula is C41H34FN5O9. The van der Waals surface area contributed by atoms with Gasteiger partial charge in [0.25, 0.3) is 5.56 Å². The van der Waals surface area contributed by atoms with Gasteiger partial charge in [0.15, 0.2) is 18.4 Å².